The highest BCUT2D eigenvalue weighted by atomic mass is 16.5. The zero-order chi connectivity index (χ0) is 14.6. The molecule has 1 aliphatic rings. The predicted octanol–water partition coefficient (Wildman–Crippen LogP) is 4.56. The lowest BCUT2D eigenvalue weighted by molar-refractivity contribution is -0.00924. The van der Waals surface area contributed by atoms with E-state index in [1.807, 2.05) is 18.2 Å². The third-order valence-electron chi connectivity index (χ3n) is 3.59. The lowest BCUT2D eigenvalue weighted by atomic mass is 9.74. The zero-order valence-electron chi connectivity index (χ0n) is 12.9. The van der Waals surface area contributed by atoms with Gasteiger partial charge in [0.25, 0.3) is 0 Å². The van der Waals surface area contributed by atoms with Gasteiger partial charge in [-0.2, -0.15) is 0 Å². The fourth-order valence-corrected chi connectivity index (χ4v) is 2.53. The topological polar surface area (TPSA) is 18.5 Å². The van der Waals surface area contributed by atoms with Crippen LogP contribution in [0.3, 0.4) is 0 Å². The quantitative estimate of drug-likeness (QED) is 0.708. The molecule has 0 amide bonds. The minimum atomic E-state index is -0.133. The van der Waals surface area contributed by atoms with Crippen LogP contribution in [0.1, 0.15) is 39.2 Å². The Hall–Kier alpha value is -1.28. The van der Waals surface area contributed by atoms with E-state index in [1.54, 1.807) is 0 Å². The SMILES string of the molecule is C=C(OC(C)(C)C)C1CC(COCc2ccccc2)C1. The van der Waals surface area contributed by atoms with Gasteiger partial charge in [0.2, 0.25) is 0 Å². The molecular formula is C18H26O2. The van der Waals surface area contributed by atoms with Crippen LogP contribution in [0, 0.1) is 11.8 Å². The molecule has 1 aromatic carbocycles. The van der Waals surface area contributed by atoms with Crippen molar-refractivity contribution in [2.45, 2.75) is 45.8 Å². The summed E-state index contributed by atoms with van der Waals surface area (Å²) < 4.78 is 11.6. The Balaban J connectivity index is 1.61. The van der Waals surface area contributed by atoms with Crippen LogP contribution in [-0.4, -0.2) is 12.2 Å². The standard InChI is InChI=1S/C18H26O2/c1-14(20-18(2,3)4)17-10-16(11-17)13-19-12-15-8-6-5-7-9-15/h5-9,16-17H,1,10-13H2,2-4H3. The molecule has 0 heterocycles. The van der Waals surface area contributed by atoms with Crippen LogP contribution in [0.4, 0.5) is 0 Å². The Kier molecular flexibility index (Phi) is 4.87. The molecule has 2 nitrogen and oxygen atoms in total. The summed E-state index contributed by atoms with van der Waals surface area (Å²) in [5.41, 5.74) is 1.11. The van der Waals surface area contributed by atoms with E-state index in [0.717, 1.165) is 25.2 Å². The number of ether oxygens (including phenoxy) is 2. The predicted molar refractivity (Wildman–Crippen MR) is 82.3 cm³/mol. The number of hydrogen-bond acceptors (Lipinski definition) is 2. The Morgan fingerprint density at radius 3 is 2.45 bits per heavy atom. The number of benzene rings is 1. The van der Waals surface area contributed by atoms with Gasteiger partial charge < -0.3 is 9.47 Å². The second-order valence-corrected chi connectivity index (χ2v) is 6.72. The maximum atomic E-state index is 5.83. The first-order valence-electron chi connectivity index (χ1n) is 7.43. The molecule has 0 unspecified atom stereocenters. The first-order chi connectivity index (χ1) is 9.44. The zero-order valence-corrected chi connectivity index (χ0v) is 12.9. The van der Waals surface area contributed by atoms with Crippen LogP contribution >= 0.6 is 0 Å². The van der Waals surface area contributed by atoms with Gasteiger partial charge in [0.15, 0.2) is 0 Å². The van der Waals surface area contributed by atoms with E-state index < -0.39 is 0 Å². The van der Waals surface area contributed by atoms with Gasteiger partial charge in [-0.15, -0.1) is 0 Å². The third-order valence-corrected chi connectivity index (χ3v) is 3.59. The molecule has 0 aromatic heterocycles. The molecule has 0 bridgehead atoms. The van der Waals surface area contributed by atoms with Crippen LogP contribution in [0.5, 0.6) is 0 Å². The fourth-order valence-electron chi connectivity index (χ4n) is 2.53. The van der Waals surface area contributed by atoms with Crippen LogP contribution in [0.15, 0.2) is 42.7 Å². The minimum Gasteiger partial charge on any atom is -0.493 e. The molecule has 0 aliphatic heterocycles. The van der Waals surface area contributed by atoms with Gasteiger partial charge >= 0.3 is 0 Å². The molecule has 110 valence electrons. The van der Waals surface area contributed by atoms with Crippen molar-refractivity contribution < 1.29 is 9.47 Å². The summed E-state index contributed by atoms with van der Waals surface area (Å²) in [5, 5.41) is 0. The summed E-state index contributed by atoms with van der Waals surface area (Å²) in [6.45, 7) is 11.8. The van der Waals surface area contributed by atoms with E-state index in [2.05, 4.69) is 39.5 Å². The van der Waals surface area contributed by atoms with Crippen molar-refractivity contribution in [1.29, 1.82) is 0 Å². The Bertz CT molecular complexity index is 424. The maximum Gasteiger partial charge on any atom is 0.100 e. The molecule has 0 radical (unpaired) electrons. The summed E-state index contributed by atoms with van der Waals surface area (Å²) in [7, 11) is 0. The molecule has 2 rings (SSSR count). The van der Waals surface area contributed by atoms with Gasteiger partial charge in [-0.1, -0.05) is 36.9 Å². The smallest absolute Gasteiger partial charge is 0.100 e. The second kappa shape index (κ2) is 6.45. The number of rotatable bonds is 6. The van der Waals surface area contributed by atoms with E-state index >= 15 is 0 Å². The van der Waals surface area contributed by atoms with E-state index in [9.17, 15) is 0 Å². The third kappa shape index (κ3) is 4.68. The van der Waals surface area contributed by atoms with Crippen molar-refractivity contribution in [3.63, 3.8) is 0 Å². The Morgan fingerprint density at radius 2 is 1.85 bits per heavy atom. The second-order valence-electron chi connectivity index (χ2n) is 6.72. The molecule has 0 atom stereocenters. The van der Waals surface area contributed by atoms with Crippen LogP contribution in [0.2, 0.25) is 0 Å². The van der Waals surface area contributed by atoms with E-state index in [-0.39, 0.29) is 5.60 Å². The van der Waals surface area contributed by atoms with Crippen LogP contribution in [0.25, 0.3) is 0 Å². The Labute approximate surface area is 122 Å². The average molecular weight is 274 g/mol. The summed E-state index contributed by atoms with van der Waals surface area (Å²) in [4.78, 5) is 0. The van der Waals surface area contributed by atoms with Gasteiger partial charge in [0.05, 0.1) is 12.4 Å². The summed E-state index contributed by atoms with van der Waals surface area (Å²) >= 11 is 0. The monoisotopic (exact) mass is 274 g/mol. The van der Waals surface area contributed by atoms with Crippen molar-refractivity contribution in [3.05, 3.63) is 48.2 Å². The molecule has 1 aliphatic carbocycles. The Morgan fingerprint density at radius 1 is 1.20 bits per heavy atom. The first-order valence-corrected chi connectivity index (χ1v) is 7.43. The molecule has 1 saturated carbocycles. The van der Waals surface area contributed by atoms with Gasteiger partial charge in [0.1, 0.15) is 5.60 Å². The molecular weight excluding hydrogens is 248 g/mol. The maximum absolute atomic E-state index is 5.83. The molecule has 1 aromatic rings. The van der Waals surface area contributed by atoms with E-state index in [4.69, 9.17) is 9.47 Å². The molecule has 0 N–H and O–H groups in total. The molecule has 0 spiro atoms. The van der Waals surface area contributed by atoms with Crippen LogP contribution in [-0.2, 0) is 16.1 Å². The van der Waals surface area contributed by atoms with Gasteiger partial charge in [-0.05, 0) is 45.1 Å². The highest BCUT2D eigenvalue weighted by Gasteiger charge is 2.33. The first kappa shape index (κ1) is 15.1. The van der Waals surface area contributed by atoms with Crippen molar-refractivity contribution in [3.8, 4) is 0 Å². The summed E-state index contributed by atoms with van der Waals surface area (Å²) in [5.74, 6) is 2.11. The van der Waals surface area contributed by atoms with E-state index in [1.165, 1.54) is 5.56 Å². The average Bonchev–Trinajstić information content (AvgIpc) is 2.31. The molecule has 2 heteroatoms. The minimum absolute atomic E-state index is 0.133. The number of allylic oxidation sites excluding steroid dienone is 1. The van der Waals surface area contributed by atoms with Crippen molar-refractivity contribution in [2.24, 2.45) is 11.8 Å². The molecule has 0 saturated heterocycles. The number of hydrogen-bond donors (Lipinski definition) is 0. The summed E-state index contributed by atoms with van der Waals surface area (Å²) in [6.07, 6.45) is 2.29. The van der Waals surface area contributed by atoms with Gasteiger partial charge in [-0.3, -0.25) is 0 Å². The normalized spacial score (nSPS) is 22.1. The van der Waals surface area contributed by atoms with Crippen LogP contribution < -0.4 is 0 Å². The van der Waals surface area contributed by atoms with Gasteiger partial charge in [0, 0.05) is 12.5 Å². The fraction of sp³-hybridized carbons (Fsp3) is 0.556. The van der Waals surface area contributed by atoms with E-state index in [0.29, 0.717) is 18.4 Å². The van der Waals surface area contributed by atoms with Crippen molar-refractivity contribution in [1.82, 2.24) is 0 Å². The highest BCUT2D eigenvalue weighted by Crippen LogP contribution is 2.39. The molecule has 1 fully saturated rings. The van der Waals surface area contributed by atoms with Gasteiger partial charge in [-0.25, -0.2) is 0 Å². The largest absolute Gasteiger partial charge is 0.493 e. The summed E-state index contributed by atoms with van der Waals surface area (Å²) in [6, 6.07) is 10.3. The lowest BCUT2D eigenvalue weighted by Gasteiger charge is -2.38. The highest BCUT2D eigenvalue weighted by molar-refractivity contribution is 5.13. The van der Waals surface area contributed by atoms with Crippen molar-refractivity contribution in [2.75, 3.05) is 6.61 Å². The lowest BCUT2D eigenvalue weighted by Crippen LogP contribution is -2.32. The van der Waals surface area contributed by atoms with Crippen molar-refractivity contribution >= 4 is 0 Å². The molecule has 20 heavy (non-hydrogen) atoms.